The zero-order chi connectivity index (χ0) is 13.7. The van der Waals surface area contributed by atoms with Gasteiger partial charge in [0, 0.05) is 0 Å². The molecule has 1 N–H and O–H groups in total. The Hall–Kier alpha value is -2.82. The van der Waals surface area contributed by atoms with Crippen molar-refractivity contribution in [2.24, 2.45) is 0 Å². The van der Waals surface area contributed by atoms with Crippen LogP contribution in [0.2, 0.25) is 0 Å². The minimum atomic E-state index is -0.0615. The van der Waals surface area contributed by atoms with E-state index in [4.69, 9.17) is 20.4 Å². The summed E-state index contributed by atoms with van der Waals surface area (Å²) in [4.78, 5) is 0. The molecule has 19 heavy (non-hydrogen) atoms. The Labute approximate surface area is 110 Å². The first kappa shape index (κ1) is 12.6. The Morgan fingerprint density at radius 1 is 0.947 bits per heavy atom. The Balaban J connectivity index is 2.29. The summed E-state index contributed by atoms with van der Waals surface area (Å²) in [5, 5.41) is 26.8. The zero-order valence-corrected chi connectivity index (χ0v) is 10.00. The van der Waals surface area contributed by atoms with E-state index in [1.165, 1.54) is 6.07 Å². The van der Waals surface area contributed by atoms with Crippen LogP contribution in [0.15, 0.2) is 42.5 Å². The molecule has 0 atom stereocenters. The maximum Gasteiger partial charge on any atom is 0.128 e. The number of nitriles is 2. The van der Waals surface area contributed by atoms with Gasteiger partial charge >= 0.3 is 0 Å². The predicted octanol–water partition coefficient (Wildman–Crippen LogP) is 2.71. The molecule has 4 heteroatoms. The van der Waals surface area contributed by atoms with E-state index in [0.717, 1.165) is 5.56 Å². The standard InChI is InChI=1S/C15H10N2O2/c16-8-12-4-5-15(7-13(12)9-17)19-14-3-1-2-11(6-14)10-18/h1-7,18H,10H2. The maximum absolute atomic E-state index is 9.04. The van der Waals surface area contributed by atoms with Gasteiger partial charge in [0.05, 0.1) is 17.7 Å². The SMILES string of the molecule is N#Cc1ccc(Oc2cccc(CO)c2)cc1C#N. The molecular formula is C15H10N2O2. The van der Waals surface area contributed by atoms with Gasteiger partial charge in [-0.2, -0.15) is 10.5 Å². The lowest BCUT2D eigenvalue weighted by Gasteiger charge is -2.07. The van der Waals surface area contributed by atoms with Crippen molar-refractivity contribution in [3.8, 4) is 23.6 Å². The van der Waals surface area contributed by atoms with Crippen molar-refractivity contribution < 1.29 is 9.84 Å². The van der Waals surface area contributed by atoms with E-state index >= 15 is 0 Å². The van der Waals surface area contributed by atoms with Crippen molar-refractivity contribution in [3.63, 3.8) is 0 Å². The quantitative estimate of drug-likeness (QED) is 0.908. The van der Waals surface area contributed by atoms with Gasteiger partial charge in [-0.1, -0.05) is 12.1 Å². The molecule has 0 bridgehead atoms. The minimum absolute atomic E-state index is 0.0615. The van der Waals surface area contributed by atoms with Crippen LogP contribution in [0, 0.1) is 22.7 Å². The molecule has 2 aromatic rings. The van der Waals surface area contributed by atoms with Crippen LogP contribution in [-0.2, 0) is 6.61 Å². The number of ether oxygens (including phenoxy) is 1. The Morgan fingerprint density at radius 3 is 2.37 bits per heavy atom. The van der Waals surface area contributed by atoms with Crippen molar-refractivity contribution in [2.45, 2.75) is 6.61 Å². The normalized spacial score (nSPS) is 9.42. The van der Waals surface area contributed by atoms with Crippen molar-refractivity contribution in [3.05, 3.63) is 59.2 Å². The number of benzene rings is 2. The third-order valence-electron chi connectivity index (χ3n) is 2.55. The second-order valence-electron chi connectivity index (χ2n) is 3.84. The van der Waals surface area contributed by atoms with Crippen molar-refractivity contribution >= 4 is 0 Å². The molecule has 2 rings (SSSR count). The van der Waals surface area contributed by atoms with Crippen LogP contribution < -0.4 is 4.74 Å². The van der Waals surface area contributed by atoms with E-state index in [1.54, 1.807) is 36.4 Å². The van der Waals surface area contributed by atoms with Gasteiger partial charge in [-0.25, -0.2) is 0 Å². The topological polar surface area (TPSA) is 77.0 Å². The molecule has 0 heterocycles. The lowest BCUT2D eigenvalue weighted by Crippen LogP contribution is -1.89. The van der Waals surface area contributed by atoms with Crippen LogP contribution >= 0.6 is 0 Å². The molecule has 0 fully saturated rings. The van der Waals surface area contributed by atoms with E-state index in [0.29, 0.717) is 17.1 Å². The minimum Gasteiger partial charge on any atom is -0.457 e. The van der Waals surface area contributed by atoms with Crippen LogP contribution in [0.4, 0.5) is 0 Å². The van der Waals surface area contributed by atoms with E-state index in [2.05, 4.69) is 0 Å². The summed E-state index contributed by atoms with van der Waals surface area (Å²) in [5.74, 6) is 1.05. The van der Waals surface area contributed by atoms with Crippen molar-refractivity contribution in [1.29, 1.82) is 10.5 Å². The molecular weight excluding hydrogens is 240 g/mol. The Kier molecular flexibility index (Phi) is 3.78. The van der Waals surface area contributed by atoms with Crippen molar-refractivity contribution in [2.75, 3.05) is 0 Å². The fraction of sp³-hybridized carbons (Fsp3) is 0.0667. The third kappa shape index (κ3) is 2.90. The summed E-state index contributed by atoms with van der Waals surface area (Å²) in [6.07, 6.45) is 0. The molecule has 0 aromatic heterocycles. The number of aliphatic hydroxyl groups is 1. The molecule has 2 aromatic carbocycles. The fourth-order valence-electron chi connectivity index (χ4n) is 1.62. The van der Waals surface area contributed by atoms with Crippen LogP contribution in [0.25, 0.3) is 0 Å². The first-order chi connectivity index (χ1) is 9.26. The number of rotatable bonds is 3. The van der Waals surface area contributed by atoms with Gasteiger partial charge in [0.2, 0.25) is 0 Å². The van der Waals surface area contributed by atoms with E-state index in [1.807, 2.05) is 12.1 Å². The van der Waals surface area contributed by atoms with E-state index < -0.39 is 0 Å². The highest BCUT2D eigenvalue weighted by Crippen LogP contribution is 2.24. The smallest absolute Gasteiger partial charge is 0.128 e. The van der Waals surface area contributed by atoms with Gasteiger partial charge in [0.25, 0.3) is 0 Å². The summed E-state index contributed by atoms with van der Waals surface area (Å²) >= 11 is 0. The number of hydrogen-bond acceptors (Lipinski definition) is 4. The second kappa shape index (κ2) is 5.68. The first-order valence-electron chi connectivity index (χ1n) is 5.58. The summed E-state index contributed by atoms with van der Waals surface area (Å²) in [6, 6.07) is 15.6. The largest absolute Gasteiger partial charge is 0.457 e. The average molecular weight is 250 g/mol. The average Bonchev–Trinajstić information content (AvgIpc) is 2.47. The number of hydrogen-bond donors (Lipinski definition) is 1. The van der Waals surface area contributed by atoms with Gasteiger partial charge in [0.15, 0.2) is 0 Å². The molecule has 0 saturated heterocycles. The first-order valence-corrected chi connectivity index (χ1v) is 5.58. The molecule has 0 amide bonds. The van der Waals surface area contributed by atoms with Gasteiger partial charge < -0.3 is 9.84 Å². The highest BCUT2D eigenvalue weighted by Gasteiger charge is 2.05. The summed E-state index contributed by atoms with van der Waals surface area (Å²) in [7, 11) is 0. The summed E-state index contributed by atoms with van der Waals surface area (Å²) < 4.78 is 5.59. The van der Waals surface area contributed by atoms with Crippen molar-refractivity contribution in [1.82, 2.24) is 0 Å². The number of nitrogens with zero attached hydrogens (tertiary/aromatic N) is 2. The molecule has 0 aliphatic heterocycles. The molecule has 0 radical (unpaired) electrons. The van der Waals surface area contributed by atoms with Crippen LogP contribution in [0.1, 0.15) is 16.7 Å². The van der Waals surface area contributed by atoms with Gasteiger partial charge in [-0.3, -0.25) is 0 Å². The highest BCUT2D eigenvalue weighted by atomic mass is 16.5. The highest BCUT2D eigenvalue weighted by molar-refractivity contribution is 5.50. The molecule has 0 aliphatic rings. The fourth-order valence-corrected chi connectivity index (χ4v) is 1.62. The van der Waals surface area contributed by atoms with Gasteiger partial charge in [-0.15, -0.1) is 0 Å². The van der Waals surface area contributed by atoms with Crippen LogP contribution in [-0.4, -0.2) is 5.11 Å². The monoisotopic (exact) mass is 250 g/mol. The maximum atomic E-state index is 9.04. The predicted molar refractivity (Wildman–Crippen MR) is 68.3 cm³/mol. The van der Waals surface area contributed by atoms with Crippen LogP contribution in [0.3, 0.4) is 0 Å². The molecule has 0 saturated carbocycles. The second-order valence-corrected chi connectivity index (χ2v) is 3.84. The zero-order valence-electron chi connectivity index (χ0n) is 10.00. The molecule has 0 aliphatic carbocycles. The molecule has 92 valence electrons. The van der Waals surface area contributed by atoms with Gasteiger partial charge in [-0.05, 0) is 35.9 Å². The lowest BCUT2D eigenvalue weighted by atomic mass is 10.1. The molecule has 0 unspecified atom stereocenters. The third-order valence-corrected chi connectivity index (χ3v) is 2.55. The van der Waals surface area contributed by atoms with Gasteiger partial charge in [0.1, 0.15) is 23.6 Å². The summed E-state index contributed by atoms with van der Waals surface area (Å²) in [5.41, 5.74) is 1.34. The molecule has 4 nitrogen and oxygen atoms in total. The Bertz CT molecular complexity index is 681. The van der Waals surface area contributed by atoms with E-state index in [-0.39, 0.29) is 12.2 Å². The van der Waals surface area contributed by atoms with E-state index in [9.17, 15) is 0 Å². The summed E-state index contributed by atoms with van der Waals surface area (Å²) in [6.45, 7) is -0.0615. The lowest BCUT2D eigenvalue weighted by molar-refractivity contribution is 0.281. The van der Waals surface area contributed by atoms with Crippen LogP contribution in [0.5, 0.6) is 11.5 Å². The number of aliphatic hydroxyl groups excluding tert-OH is 1. The molecule has 0 spiro atoms. The Morgan fingerprint density at radius 2 is 1.68 bits per heavy atom.